The summed E-state index contributed by atoms with van der Waals surface area (Å²) in [5.74, 6) is -0.884. The zero-order chi connectivity index (χ0) is 22.7. The highest BCUT2D eigenvalue weighted by molar-refractivity contribution is 8.26. The molecule has 3 aromatic rings. The van der Waals surface area contributed by atoms with Crippen LogP contribution in [-0.2, 0) is 11.3 Å². The standard InChI is InChI=1S/C22H16N4O4S2/c27-20(15-7-2-1-3-8-15)23-25-21(28)19(32-22(25)31)13-17-10-6-12-24(17)14-16-9-4-5-11-18(16)26(29)30/h1-13H,14H2,(H,23,27)/b19-13+. The maximum atomic E-state index is 12.9. The van der Waals surface area contributed by atoms with Gasteiger partial charge in [0.1, 0.15) is 0 Å². The fourth-order valence-electron chi connectivity index (χ4n) is 3.16. The van der Waals surface area contributed by atoms with Crippen LogP contribution in [-0.4, -0.2) is 30.6 Å². The van der Waals surface area contributed by atoms with Crippen molar-refractivity contribution in [2.24, 2.45) is 0 Å². The Balaban J connectivity index is 1.54. The molecule has 1 aromatic heterocycles. The van der Waals surface area contributed by atoms with Gasteiger partial charge in [0, 0.05) is 29.1 Å². The van der Waals surface area contributed by atoms with Gasteiger partial charge in [0.15, 0.2) is 4.32 Å². The number of thiocarbonyl (C=S) groups is 1. The second kappa shape index (κ2) is 9.16. The van der Waals surface area contributed by atoms with Gasteiger partial charge in [0.25, 0.3) is 17.5 Å². The van der Waals surface area contributed by atoms with Crippen molar-refractivity contribution in [2.75, 3.05) is 0 Å². The van der Waals surface area contributed by atoms with Gasteiger partial charge in [0.05, 0.1) is 16.4 Å². The molecular weight excluding hydrogens is 448 g/mol. The monoisotopic (exact) mass is 464 g/mol. The van der Waals surface area contributed by atoms with Gasteiger partial charge in [-0.2, -0.15) is 5.01 Å². The van der Waals surface area contributed by atoms with Crippen LogP contribution in [0.25, 0.3) is 6.08 Å². The summed E-state index contributed by atoms with van der Waals surface area (Å²) in [5.41, 5.74) is 4.20. The largest absolute Gasteiger partial charge is 0.343 e. The van der Waals surface area contributed by atoms with Gasteiger partial charge >= 0.3 is 0 Å². The van der Waals surface area contributed by atoms with Crippen LogP contribution in [0.2, 0.25) is 0 Å². The fraction of sp³-hybridized carbons (Fsp3) is 0.0455. The number of hydrazine groups is 1. The average molecular weight is 465 g/mol. The minimum atomic E-state index is -0.442. The van der Waals surface area contributed by atoms with Crippen molar-refractivity contribution in [1.29, 1.82) is 0 Å². The molecule has 1 N–H and O–H groups in total. The van der Waals surface area contributed by atoms with Crippen molar-refractivity contribution in [3.63, 3.8) is 0 Å². The summed E-state index contributed by atoms with van der Waals surface area (Å²) in [6.45, 7) is 0.265. The molecule has 0 spiro atoms. The second-order valence-corrected chi connectivity index (χ2v) is 8.45. The van der Waals surface area contributed by atoms with Crippen LogP contribution in [0, 0.1) is 10.1 Å². The first-order valence-corrected chi connectivity index (χ1v) is 10.7. The Kier molecular flexibility index (Phi) is 6.15. The summed E-state index contributed by atoms with van der Waals surface area (Å²) in [6.07, 6.45) is 3.43. The Morgan fingerprint density at radius 1 is 1.09 bits per heavy atom. The molecule has 160 valence electrons. The Hall–Kier alpha value is -3.76. The Labute approximate surface area is 192 Å². The van der Waals surface area contributed by atoms with Crippen LogP contribution >= 0.6 is 24.0 Å². The van der Waals surface area contributed by atoms with E-state index in [9.17, 15) is 19.7 Å². The van der Waals surface area contributed by atoms with Gasteiger partial charge in [-0.15, -0.1) is 0 Å². The van der Waals surface area contributed by atoms with E-state index in [2.05, 4.69) is 5.43 Å². The Bertz CT molecular complexity index is 1250. The molecule has 8 nitrogen and oxygen atoms in total. The van der Waals surface area contributed by atoms with Crippen LogP contribution in [0.5, 0.6) is 0 Å². The summed E-state index contributed by atoms with van der Waals surface area (Å²) in [5, 5.41) is 12.4. The number of carbonyl (C=O) groups excluding carboxylic acids is 2. The molecule has 0 bridgehead atoms. The van der Waals surface area contributed by atoms with E-state index in [1.807, 2.05) is 0 Å². The zero-order valence-corrected chi connectivity index (χ0v) is 18.1. The maximum absolute atomic E-state index is 12.9. The number of amides is 2. The number of nitro groups is 1. The average Bonchev–Trinajstić information content (AvgIpc) is 3.33. The molecule has 0 atom stereocenters. The SMILES string of the molecule is O=C(NN1C(=O)/C(=C\c2cccn2Cc2ccccc2[N+](=O)[O-])SC1=S)c1ccccc1. The number of nitrogens with zero attached hydrogens (tertiary/aromatic N) is 3. The summed E-state index contributed by atoms with van der Waals surface area (Å²) < 4.78 is 2.01. The Morgan fingerprint density at radius 3 is 2.56 bits per heavy atom. The number of benzene rings is 2. The van der Waals surface area contributed by atoms with Gasteiger partial charge in [-0.05, 0) is 42.6 Å². The molecule has 32 heavy (non-hydrogen) atoms. The van der Waals surface area contributed by atoms with Crippen LogP contribution in [0.1, 0.15) is 21.6 Å². The van der Waals surface area contributed by atoms with Crippen molar-refractivity contribution in [2.45, 2.75) is 6.54 Å². The molecule has 2 amide bonds. The number of hydrogen-bond donors (Lipinski definition) is 1. The number of carbonyl (C=O) groups is 2. The molecule has 0 unspecified atom stereocenters. The van der Waals surface area contributed by atoms with E-state index in [1.54, 1.807) is 77.5 Å². The molecule has 1 fully saturated rings. The molecule has 1 aliphatic rings. The highest BCUT2D eigenvalue weighted by Gasteiger charge is 2.34. The van der Waals surface area contributed by atoms with Crippen molar-refractivity contribution in [3.8, 4) is 0 Å². The number of para-hydroxylation sites is 1. The fourth-order valence-corrected chi connectivity index (χ4v) is 4.33. The van der Waals surface area contributed by atoms with Crippen LogP contribution in [0.4, 0.5) is 5.69 Å². The van der Waals surface area contributed by atoms with Gasteiger partial charge < -0.3 is 4.57 Å². The third-order valence-corrected chi connectivity index (χ3v) is 6.02. The summed E-state index contributed by atoms with van der Waals surface area (Å²) >= 11 is 6.35. The zero-order valence-electron chi connectivity index (χ0n) is 16.5. The van der Waals surface area contributed by atoms with Crippen LogP contribution in [0.15, 0.2) is 77.8 Å². The van der Waals surface area contributed by atoms with E-state index in [-0.39, 0.29) is 16.6 Å². The van der Waals surface area contributed by atoms with E-state index in [0.717, 1.165) is 16.8 Å². The first kappa shape index (κ1) is 21.5. The minimum absolute atomic E-state index is 0.0297. The van der Waals surface area contributed by atoms with E-state index in [0.29, 0.717) is 21.7 Å². The smallest absolute Gasteiger partial charge is 0.285 e. The quantitative estimate of drug-likeness (QED) is 0.256. The summed E-state index contributed by atoms with van der Waals surface area (Å²) in [6, 6.07) is 18.6. The van der Waals surface area contributed by atoms with E-state index in [4.69, 9.17) is 12.2 Å². The summed E-state index contributed by atoms with van der Waals surface area (Å²) in [4.78, 5) is 36.5. The van der Waals surface area contributed by atoms with E-state index < -0.39 is 16.7 Å². The third kappa shape index (κ3) is 4.46. The van der Waals surface area contributed by atoms with Crippen molar-refractivity contribution < 1.29 is 14.5 Å². The maximum Gasteiger partial charge on any atom is 0.285 e. The van der Waals surface area contributed by atoms with Crippen molar-refractivity contribution in [1.82, 2.24) is 15.0 Å². The molecule has 0 aliphatic carbocycles. The van der Waals surface area contributed by atoms with Gasteiger partial charge in [-0.1, -0.05) is 48.2 Å². The number of nitro benzene ring substituents is 1. The highest BCUT2D eigenvalue weighted by Crippen LogP contribution is 2.32. The molecule has 2 aromatic carbocycles. The lowest BCUT2D eigenvalue weighted by atomic mass is 10.2. The van der Waals surface area contributed by atoms with Crippen molar-refractivity contribution >= 4 is 51.9 Å². The number of hydrogen-bond acceptors (Lipinski definition) is 6. The van der Waals surface area contributed by atoms with Crippen molar-refractivity contribution in [3.05, 3.63) is 105 Å². The predicted molar refractivity (Wildman–Crippen MR) is 126 cm³/mol. The lowest BCUT2D eigenvalue weighted by molar-refractivity contribution is -0.385. The van der Waals surface area contributed by atoms with E-state index >= 15 is 0 Å². The first-order valence-electron chi connectivity index (χ1n) is 9.45. The van der Waals surface area contributed by atoms with Gasteiger partial charge in [0.2, 0.25) is 0 Å². The molecule has 10 heteroatoms. The lowest BCUT2D eigenvalue weighted by Crippen LogP contribution is -2.44. The highest BCUT2D eigenvalue weighted by atomic mass is 32.2. The van der Waals surface area contributed by atoms with E-state index in [1.165, 1.54) is 6.07 Å². The Morgan fingerprint density at radius 2 is 1.81 bits per heavy atom. The molecule has 1 aliphatic heterocycles. The van der Waals surface area contributed by atoms with Gasteiger partial charge in [-0.25, -0.2) is 0 Å². The normalized spacial score (nSPS) is 14.8. The van der Waals surface area contributed by atoms with Gasteiger partial charge in [-0.3, -0.25) is 25.1 Å². The van der Waals surface area contributed by atoms with Crippen LogP contribution < -0.4 is 5.43 Å². The predicted octanol–water partition coefficient (Wildman–Crippen LogP) is 3.99. The lowest BCUT2D eigenvalue weighted by Gasteiger charge is -2.15. The molecule has 0 radical (unpaired) electrons. The number of rotatable bonds is 6. The second-order valence-electron chi connectivity index (χ2n) is 6.77. The number of aromatic nitrogens is 1. The topological polar surface area (TPSA) is 97.5 Å². The summed E-state index contributed by atoms with van der Waals surface area (Å²) in [7, 11) is 0. The number of thioether (sulfide) groups is 1. The number of nitrogens with one attached hydrogen (secondary N) is 1. The van der Waals surface area contributed by atoms with Crippen LogP contribution in [0.3, 0.4) is 0 Å². The molecule has 1 saturated heterocycles. The molecular formula is C22H16N4O4S2. The molecule has 0 saturated carbocycles. The molecule has 4 rings (SSSR count). The third-order valence-electron chi connectivity index (χ3n) is 4.72. The molecule has 2 heterocycles. The first-order chi connectivity index (χ1) is 15.4. The minimum Gasteiger partial charge on any atom is -0.343 e.